The highest BCUT2D eigenvalue weighted by Gasteiger charge is 1.99. The summed E-state index contributed by atoms with van der Waals surface area (Å²) >= 11 is 0. The van der Waals surface area contributed by atoms with Crippen LogP contribution in [0, 0.1) is 0 Å². The summed E-state index contributed by atoms with van der Waals surface area (Å²) in [6.07, 6.45) is 3.89. The maximum absolute atomic E-state index is 10.9. The van der Waals surface area contributed by atoms with Gasteiger partial charge in [0, 0.05) is 43.1 Å². The quantitative estimate of drug-likeness (QED) is 0.866. The first-order chi connectivity index (χ1) is 9.17. The molecule has 0 radical (unpaired) electrons. The average molecular weight is 258 g/mol. The van der Waals surface area contributed by atoms with Crippen molar-refractivity contribution >= 4 is 17.3 Å². The van der Waals surface area contributed by atoms with Gasteiger partial charge in [-0.3, -0.25) is 9.48 Å². The molecule has 1 aromatic heterocycles. The monoisotopic (exact) mass is 258 g/mol. The van der Waals surface area contributed by atoms with E-state index < -0.39 is 0 Å². The molecular weight excluding hydrogens is 240 g/mol. The number of benzene rings is 1. The van der Waals surface area contributed by atoms with Crippen LogP contribution in [0.2, 0.25) is 0 Å². The molecule has 100 valence electrons. The van der Waals surface area contributed by atoms with Crippen molar-refractivity contribution in [1.82, 2.24) is 9.78 Å². The summed E-state index contributed by atoms with van der Waals surface area (Å²) < 4.78 is 1.90. The summed E-state index contributed by atoms with van der Waals surface area (Å²) in [6.45, 7) is 5.17. The van der Waals surface area contributed by atoms with Crippen LogP contribution in [0.3, 0.4) is 0 Å². The Hall–Kier alpha value is -2.30. The van der Waals surface area contributed by atoms with Gasteiger partial charge in [-0.1, -0.05) is 0 Å². The maximum Gasteiger partial charge on any atom is 0.221 e. The molecule has 5 heteroatoms. The fourth-order valence-electron chi connectivity index (χ4n) is 1.75. The van der Waals surface area contributed by atoms with Crippen molar-refractivity contribution in [2.45, 2.75) is 26.9 Å². The van der Waals surface area contributed by atoms with E-state index in [2.05, 4.69) is 22.7 Å². The number of aromatic nitrogens is 2. The van der Waals surface area contributed by atoms with Crippen LogP contribution in [-0.4, -0.2) is 15.7 Å². The van der Waals surface area contributed by atoms with E-state index in [-0.39, 0.29) is 5.91 Å². The molecule has 0 spiro atoms. The zero-order valence-electron chi connectivity index (χ0n) is 11.2. The third-order valence-corrected chi connectivity index (χ3v) is 2.71. The molecule has 0 saturated carbocycles. The SMILES string of the molecule is CCn1cc(CNc2ccc(NC(C)=O)cc2)cn1. The number of anilines is 2. The Bertz CT molecular complexity index is 545. The summed E-state index contributed by atoms with van der Waals surface area (Å²) in [4.78, 5) is 10.9. The number of aryl methyl sites for hydroxylation is 1. The van der Waals surface area contributed by atoms with Crippen LogP contribution in [0.4, 0.5) is 11.4 Å². The number of nitrogens with zero attached hydrogens (tertiary/aromatic N) is 2. The summed E-state index contributed by atoms with van der Waals surface area (Å²) in [5.74, 6) is -0.0623. The van der Waals surface area contributed by atoms with Crippen molar-refractivity contribution in [3.8, 4) is 0 Å². The molecule has 0 aliphatic rings. The second-order valence-electron chi connectivity index (χ2n) is 4.32. The van der Waals surface area contributed by atoms with Crippen molar-refractivity contribution in [2.75, 3.05) is 10.6 Å². The molecular formula is C14H18N4O. The first-order valence-electron chi connectivity index (χ1n) is 6.30. The average Bonchev–Trinajstić information content (AvgIpc) is 2.85. The maximum atomic E-state index is 10.9. The second kappa shape index (κ2) is 6.04. The van der Waals surface area contributed by atoms with Gasteiger partial charge in [0.25, 0.3) is 0 Å². The van der Waals surface area contributed by atoms with E-state index >= 15 is 0 Å². The number of carbonyl (C=O) groups is 1. The van der Waals surface area contributed by atoms with E-state index in [0.717, 1.165) is 30.0 Å². The van der Waals surface area contributed by atoms with Gasteiger partial charge in [0.05, 0.1) is 6.20 Å². The lowest BCUT2D eigenvalue weighted by Crippen LogP contribution is -2.05. The third-order valence-electron chi connectivity index (χ3n) is 2.71. The molecule has 1 amide bonds. The van der Waals surface area contributed by atoms with Gasteiger partial charge in [0.2, 0.25) is 5.91 Å². The highest BCUT2D eigenvalue weighted by atomic mass is 16.1. The van der Waals surface area contributed by atoms with Crippen molar-refractivity contribution in [2.24, 2.45) is 0 Å². The standard InChI is InChI=1S/C14H18N4O/c1-3-18-10-12(9-16-18)8-15-13-4-6-14(7-5-13)17-11(2)19/h4-7,9-10,15H,3,8H2,1-2H3,(H,17,19). The van der Waals surface area contributed by atoms with E-state index in [1.165, 1.54) is 6.92 Å². The van der Waals surface area contributed by atoms with Crippen LogP contribution in [-0.2, 0) is 17.9 Å². The largest absolute Gasteiger partial charge is 0.381 e. The Morgan fingerprint density at radius 3 is 2.53 bits per heavy atom. The van der Waals surface area contributed by atoms with Gasteiger partial charge in [-0.05, 0) is 31.2 Å². The molecule has 2 rings (SSSR count). The van der Waals surface area contributed by atoms with Gasteiger partial charge in [-0.25, -0.2) is 0 Å². The van der Waals surface area contributed by atoms with E-state index in [1.807, 2.05) is 41.3 Å². The number of carbonyl (C=O) groups excluding carboxylic acids is 1. The van der Waals surface area contributed by atoms with Crippen LogP contribution >= 0.6 is 0 Å². The zero-order valence-corrected chi connectivity index (χ0v) is 11.2. The van der Waals surface area contributed by atoms with Crippen LogP contribution in [0.1, 0.15) is 19.4 Å². The molecule has 1 heterocycles. The van der Waals surface area contributed by atoms with Gasteiger partial charge in [-0.2, -0.15) is 5.10 Å². The van der Waals surface area contributed by atoms with Crippen molar-refractivity contribution in [3.63, 3.8) is 0 Å². The van der Waals surface area contributed by atoms with E-state index in [1.54, 1.807) is 0 Å². The number of hydrogen-bond acceptors (Lipinski definition) is 3. The van der Waals surface area contributed by atoms with Crippen LogP contribution in [0.25, 0.3) is 0 Å². The minimum absolute atomic E-state index is 0.0623. The Kier molecular flexibility index (Phi) is 4.18. The van der Waals surface area contributed by atoms with Gasteiger partial charge < -0.3 is 10.6 Å². The number of rotatable bonds is 5. The molecule has 0 aliphatic heterocycles. The van der Waals surface area contributed by atoms with Gasteiger partial charge >= 0.3 is 0 Å². The molecule has 0 saturated heterocycles. The number of nitrogens with one attached hydrogen (secondary N) is 2. The summed E-state index contributed by atoms with van der Waals surface area (Å²) in [7, 11) is 0. The molecule has 0 aliphatic carbocycles. The first-order valence-corrected chi connectivity index (χ1v) is 6.30. The third kappa shape index (κ3) is 3.84. The normalized spacial score (nSPS) is 10.2. The Morgan fingerprint density at radius 2 is 1.95 bits per heavy atom. The van der Waals surface area contributed by atoms with Crippen molar-refractivity contribution < 1.29 is 4.79 Å². The molecule has 0 unspecified atom stereocenters. The lowest BCUT2D eigenvalue weighted by atomic mass is 10.2. The zero-order chi connectivity index (χ0) is 13.7. The Balaban J connectivity index is 1.90. The van der Waals surface area contributed by atoms with Gasteiger partial charge in [0.15, 0.2) is 0 Å². The summed E-state index contributed by atoms with van der Waals surface area (Å²) in [5.41, 5.74) is 2.96. The molecule has 5 nitrogen and oxygen atoms in total. The molecule has 2 aromatic rings. The topological polar surface area (TPSA) is 59.0 Å². The minimum Gasteiger partial charge on any atom is -0.381 e. The van der Waals surface area contributed by atoms with Gasteiger partial charge in [-0.15, -0.1) is 0 Å². The fraction of sp³-hybridized carbons (Fsp3) is 0.286. The molecule has 19 heavy (non-hydrogen) atoms. The lowest BCUT2D eigenvalue weighted by Gasteiger charge is -2.06. The van der Waals surface area contributed by atoms with E-state index in [9.17, 15) is 4.79 Å². The van der Waals surface area contributed by atoms with Crippen LogP contribution in [0.15, 0.2) is 36.7 Å². The fourth-order valence-corrected chi connectivity index (χ4v) is 1.75. The van der Waals surface area contributed by atoms with Crippen LogP contribution < -0.4 is 10.6 Å². The molecule has 1 aromatic carbocycles. The van der Waals surface area contributed by atoms with E-state index in [0.29, 0.717) is 0 Å². The lowest BCUT2D eigenvalue weighted by molar-refractivity contribution is -0.114. The van der Waals surface area contributed by atoms with Crippen LogP contribution in [0.5, 0.6) is 0 Å². The highest BCUT2D eigenvalue weighted by Crippen LogP contribution is 2.14. The molecule has 0 fully saturated rings. The Labute approximate surface area is 112 Å². The minimum atomic E-state index is -0.0623. The van der Waals surface area contributed by atoms with Gasteiger partial charge in [0.1, 0.15) is 0 Å². The highest BCUT2D eigenvalue weighted by molar-refractivity contribution is 5.88. The smallest absolute Gasteiger partial charge is 0.221 e. The first kappa shape index (κ1) is 13.1. The predicted molar refractivity (Wildman–Crippen MR) is 76.0 cm³/mol. The number of hydrogen-bond donors (Lipinski definition) is 2. The molecule has 2 N–H and O–H groups in total. The molecule has 0 bridgehead atoms. The van der Waals surface area contributed by atoms with E-state index in [4.69, 9.17) is 0 Å². The second-order valence-corrected chi connectivity index (χ2v) is 4.32. The van der Waals surface area contributed by atoms with Crippen molar-refractivity contribution in [1.29, 1.82) is 0 Å². The number of amides is 1. The Morgan fingerprint density at radius 1 is 1.26 bits per heavy atom. The van der Waals surface area contributed by atoms with Crippen molar-refractivity contribution in [3.05, 3.63) is 42.2 Å². The predicted octanol–water partition coefficient (Wildman–Crippen LogP) is 2.47. The summed E-state index contributed by atoms with van der Waals surface area (Å²) in [6, 6.07) is 7.63. The summed E-state index contributed by atoms with van der Waals surface area (Å²) in [5, 5.41) is 10.3. The molecule has 0 atom stereocenters.